The third kappa shape index (κ3) is 5.06. The summed E-state index contributed by atoms with van der Waals surface area (Å²) in [7, 11) is 0. The van der Waals surface area contributed by atoms with Gasteiger partial charge in [-0.2, -0.15) is 0 Å². The van der Waals surface area contributed by atoms with Crippen LogP contribution in [0.25, 0.3) is 11.1 Å². The highest BCUT2D eigenvalue weighted by atomic mass is 19.1. The number of carbonyl (C=O) groups is 3. The van der Waals surface area contributed by atoms with Crippen molar-refractivity contribution in [1.82, 2.24) is 20.2 Å². The van der Waals surface area contributed by atoms with Crippen LogP contribution in [0, 0.1) is 5.82 Å². The lowest BCUT2D eigenvalue weighted by Gasteiger charge is -2.34. The van der Waals surface area contributed by atoms with Crippen molar-refractivity contribution >= 4 is 29.5 Å². The Bertz CT molecular complexity index is 1070. The molecule has 0 spiro atoms. The highest BCUT2D eigenvalue weighted by Crippen LogP contribution is 2.29. The van der Waals surface area contributed by atoms with E-state index in [1.54, 1.807) is 17.0 Å². The maximum absolute atomic E-state index is 14.9. The first-order valence-electron chi connectivity index (χ1n) is 10.8. The summed E-state index contributed by atoms with van der Waals surface area (Å²) >= 11 is 0. The van der Waals surface area contributed by atoms with Gasteiger partial charge in [0.05, 0.1) is 18.8 Å². The van der Waals surface area contributed by atoms with Crippen molar-refractivity contribution in [2.75, 3.05) is 55.7 Å². The number of aliphatic hydroxyl groups excluding tert-OH is 1. The molecule has 180 valence electrons. The van der Waals surface area contributed by atoms with Crippen LogP contribution in [0.4, 0.5) is 20.8 Å². The predicted octanol–water partition coefficient (Wildman–Crippen LogP) is 0.385. The van der Waals surface area contributed by atoms with Crippen LogP contribution in [-0.4, -0.2) is 89.9 Å². The van der Waals surface area contributed by atoms with Crippen LogP contribution in [-0.2, 0) is 14.3 Å². The van der Waals surface area contributed by atoms with Gasteiger partial charge in [-0.25, -0.2) is 19.2 Å². The van der Waals surface area contributed by atoms with E-state index in [-0.39, 0.29) is 30.5 Å². The van der Waals surface area contributed by atoms with E-state index in [4.69, 9.17) is 9.84 Å². The van der Waals surface area contributed by atoms with Gasteiger partial charge in [0.25, 0.3) is 0 Å². The fraction of sp³-hybridized carbons (Fsp3) is 0.409. The minimum atomic E-state index is -0.601. The number of rotatable bonds is 6. The van der Waals surface area contributed by atoms with Crippen molar-refractivity contribution in [3.8, 4) is 11.1 Å². The number of hydrogen-bond donors (Lipinski definition) is 2. The monoisotopic (exact) mass is 472 g/mol. The van der Waals surface area contributed by atoms with Gasteiger partial charge in [0.2, 0.25) is 17.8 Å². The summed E-state index contributed by atoms with van der Waals surface area (Å²) in [4.78, 5) is 48.3. The van der Waals surface area contributed by atoms with E-state index in [1.165, 1.54) is 30.3 Å². The quantitative estimate of drug-likeness (QED) is 0.618. The first-order valence-corrected chi connectivity index (χ1v) is 10.8. The molecule has 4 rings (SSSR count). The largest absolute Gasteiger partial charge is 0.442 e. The number of cyclic esters (lactones) is 1. The molecule has 0 unspecified atom stereocenters. The molecule has 2 aliphatic rings. The number of nitrogens with zero attached hydrogens (tertiary/aromatic N) is 5. The molecule has 0 saturated carbocycles. The molecule has 3 amide bonds. The van der Waals surface area contributed by atoms with Crippen LogP contribution >= 0.6 is 0 Å². The van der Waals surface area contributed by atoms with Gasteiger partial charge in [-0.15, -0.1) is 0 Å². The molecule has 3 heterocycles. The number of aromatic nitrogens is 2. The number of nitrogens with one attached hydrogen (secondary N) is 1. The van der Waals surface area contributed by atoms with Gasteiger partial charge in [-0.05, 0) is 18.2 Å². The number of ether oxygens (including phenoxy) is 1. The molecule has 0 radical (unpaired) electrons. The van der Waals surface area contributed by atoms with Crippen LogP contribution in [0.15, 0.2) is 30.6 Å². The van der Waals surface area contributed by atoms with Gasteiger partial charge in [0.15, 0.2) is 0 Å². The number of carbonyl (C=O) groups excluding carboxylic acids is 3. The lowest BCUT2D eigenvalue weighted by atomic mass is 10.1. The van der Waals surface area contributed by atoms with E-state index in [0.29, 0.717) is 43.4 Å². The van der Waals surface area contributed by atoms with Crippen molar-refractivity contribution < 1.29 is 28.6 Å². The van der Waals surface area contributed by atoms with E-state index < -0.39 is 24.6 Å². The highest BCUT2D eigenvalue weighted by Gasteiger charge is 2.32. The van der Waals surface area contributed by atoms with E-state index in [9.17, 15) is 18.8 Å². The maximum Gasteiger partial charge on any atom is 0.414 e. The molecule has 0 bridgehead atoms. The molecule has 2 saturated heterocycles. The summed E-state index contributed by atoms with van der Waals surface area (Å²) in [6, 6.07) is 4.42. The molecule has 1 aromatic carbocycles. The minimum Gasteiger partial charge on any atom is -0.442 e. The second kappa shape index (κ2) is 10.00. The molecule has 34 heavy (non-hydrogen) atoms. The fourth-order valence-corrected chi connectivity index (χ4v) is 3.88. The van der Waals surface area contributed by atoms with E-state index >= 15 is 0 Å². The first kappa shape index (κ1) is 23.4. The average molecular weight is 472 g/mol. The number of piperazine rings is 1. The zero-order chi connectivity index (χ0) is 24.2. The number of aliphatic hydroxyl groups is 1. The topological polar surface area (TPSA) is 128 Å². The SMILES string of the molecule is CC(=O)NC[C@H]1CN(c2ccc(-c3cnc(N4CCN(C(=O)CO)CC4)nc3)c(F)c2)C(=O)O1. The highest BCUT2D eigenvalue weighted by molar-refractivity contribution is 5.90. The molecule has 11 nitrogen and oxygen atoms in total. The predicted molar refractivity (Wildman–Crippen MR) is 120 cm³/mol. The second-order valence-electron chi connectivity index (χ2n) is 8.02. The number of anilines is 2. The third-order valence-electron chi connectivity index (χ3n) is 5.72. The summed E-state index contributed by atoms with van der Waals surface area (Å²) < 4.78 is 20.1. The summed E-state index contributed by atoms with van der Waals surface area (Å²) in [5.74, 6) is -0.595. The third-order valence-corrected chi connectivity index (χ3v) is 5.72. The molecular formula is C22H25FN6O5. The molecule has 2 N–H and O–H groups in total. The maximum atomic E-state index is 14.9. The van der Waals surface area contributed by atoms with Crippen molar-refractivity contribution in [3.63, 3.8) is 0 Å². The van der Waals surface area contributed by atoms with E-state index in [1.807, 2.05) is 4.90 Å². The van der Waals surface area contributed by atoms with Crippen LogP contribution < -0.4 is 15.1 Å². The second-order valence-corrected chi connectivity index (χ2v) is 8.02. The summed E-state index contributed by atoms with van der Waals surface area (Å²) in [6.07, 6.45) is 1.94. The van der Waals surface area contributed by atoms with Crippen LogP contribution in [0.5, 0.6) is 0 Å². The Kier molecular flexibility index (Phi) is 6.87. The molecule has 2 fully saturated rings. The van der Waals surface area contributed by atoms with Crippen molar-refractivity contribution in [2.24, 2.45) is 0 Å². The van der Waals surface area contributed by atoms with Crippen LogP contribution in [0.3, 0.4) is 0 Å². The molecule has 1 aromatic heterocycles. The lowest BCUT2D eigenvalue weighted by molar-refractivity contribution is -0.134. The van der Waals surface area contributed by atoms with Gasteiger partial charge in [-0.1, -0.05) is 0 Å². The Morgan fingerprint density at radius 3 is 2.53 bits per heavy atom. The summed E-state index contributed by atoms with van der Waals surface area (Å²) in [5, 5.41) is 11.6. The smallest absolute Gasteiger partial charge is 0.414 e. The average Bonchev–Trinajstić information content (AvgIpc) is 3.23. The van der Waals surface area contributed by atoms with Gasteiger partial charge in [0, 0.05) is 56.6 Å². The number of halogens is 1. The van der Waals surface area contributed by atoms with Gasteiger partial charge < -0.3 is 25.0 Å². The van der Waals surface area contributed by atoms with Gasteiger partial charge >= 0.3 is 6.09 Å². The Hall–Kier alpha value is -3.80. The molecule has 12 heteroatoms. The lowest BCUT2D eigenvalue weighted by Crippen LogP contribution is -2.50. The number of hydrogen-bond acceptors (Lipinski definition) is 8. The fourth-order valence-electron chi connectivity index (χ4n) is 3.88. The molecular weight excluding hydrogens is 447 g/mol. The van der Waals surface area contributed by atoms with E-state index in [2.05, 4.69) is 15.3 Å². The van der Waals surface area contributed by atoms with Crippen molar-refractivity contribution in [3.05, 3.63) is 36.4 Å². The zero-order valence-corrected chi connectivity index (χ0v) is 18.6. The minimum absolute atomic E-state index is 0.189. The number of benzene rings is 1. The molecule has 1 atom stereocenters. The standard InChI is InChI=1S/C22H25FN6O5/c1-14(31)24-11-17-12-29(22(33)34-17)16-2-3-18(19(23)8-16)15-9-25-21(26-10-15)28-6-4-27(5-7-28)20(32)13-30/h2-3,8-10,17,30H,4-7,11-13H2,1H3,(H,24,31)/t17-/m0/s1. The molecule has 0 aliphatic carbocycles. The Balaban J connectivity index is 1.41. The van der Waals surface area contributed by atoms with Crippen LogP contribution in [0.2, 0.25) is 0 Å². The summed E-state index contributed by atoms with van der Waals surface area (Å²) in [5.41, 5.74) is 1.12. The van der Waals surface area contributed by atoms with E-state index in [0.717, 1.165) is 0 Å². The molecule has 2 aromatic rings. The Morgan fingerprint density at radius 2 is 1.91 bits per heavy atom. The van der Waals surface area contributed by atoms with Crippen LogP contribution in [0.1, 0.15) is 6.92 Å². The van der Waals surface area contributed by atoms with Crippen molar-refractivity contribution in [2.45, 2.75) is 13.0 Å². The van der Waals surface area contributed by atoms with Gasteiger partial charge in [0.1, 0.15) is 18.5 Å². The van der Waals surface area contributed by atoms with Crippen molar-refractivity contribution in [1.29, 1.82) is 0 Å². The summed E-state index contributed by atoms with van der Waals surface area (Å²) in [6.45, 7) is 3.25. The number of amides is 3. The zero-order valence-electron chi connectivity index (χ0n) is 18.6. The Labute approximate surface area is 195 Å². The van der Waals surface area contributed by atoms with Gasteiger partial charge in [-0.3, -0.25) is 14.5 Å². The normalized spacial score (nSPS) is 18.1. The molecule has 2 aliphatic heterocycles. The first-order chi connectivity index (χ1) is 16.4. The Morgan fingerprint density at radius 1 is 1.21 bits per heavy atom.